The molecule has 1 atom stereocenters. The first-order valence-electron chi connectivity index (χ1n) is 6.47. The van der Waals surface area contributed by atoms with Gasteiger partial charge in [0.15, 0.2) is 0 Å². The summed E-state index contributed by atoms with van der Waals surface area (Å²) >= 11 is 0. The van der Waals surface area contributed by atoms with E-state index in [1.54, 1.807) is 0 Å². The summed E-state index contributed by atoms with van der Waals surface area (Å²) in [6.07, 6.45) is 0.784. The molecule has 0 aromatic carbocycles. The minimum atomic E-state index is -4.11. The Hall–Kier alpha value is -0.290. The van der Waals surface area contributed by atoms with Crippen LogP contribution in [0.5, 0.6) is 0 Å². The highest BCUT2D eigenvalue weighted by Gasteiger charge is 2.28. The molecule has 0 bridgehead atoms. The zero-order valence-corrected chi connectivity index (χ0v) is 10.7. The molecule has 5 heteroatoms. The number of rotatable bonds is 6. The Morgan fingerprint density at radius 1 is 1.29 bits per heavy atom. The molecule has 0 spiro atoms. The van der Waals surface area contributed by atoms with Crippen LogP contribution in [-0.4, -0.2) is 42.8 Å². The van der Waals surface area contributed by atoms with Gasteiger partial charge in [-0.05, 0) is 26.3 Å². The summed E-state index contributed by atoms with van der Waals surface area (Å²) in [4.78, 5) is 2.33. The topological polar surface area (TPSA) is 15.3 Å². The van der Waals surface area contributed by atoms with E-state index in [1.165, 1.54) is 25.7 Å². The van der Waals surface area contributed by atoms with E-state index < -0.39 is 12.7 Å². The monoisotopic (exact) mass is 252 g/mol. The van der Waals surface area contributed by atoms with Crippen LogP contribution < -0.4 is 5.32 Å². The maximum atomic E-state index is 12.0. The average molecular weight is 252 g/mol. The van der Waals surface area contributed by atoms with E-state index in [2.05, 4.69) is 17.1 Å². The molecule has 1 unspecified atom stereocenters. The molecular weight excluding hydrogens is 229 g/mol. The number of nitrogens with one attached hydrogen (secondary N) is 1. The van der Waals surface area contributed by atoms with Gasteiger partial charge in [0.2, 0.25) is 0 Å². The van der Waals surface area contributed by atoms with Gasteiger partial charge in [-0.15, -0.1) is 0 Å². The molecule has 17 heavy (non-hydrogen) atoms. The summed E-state index contributed by atoms with van der Waals surface area (Å²) in [5.41, 5.74) is 0. The minimum absolute atomic E-state index is 0.172. The van der Waals surface area contributed by atoms with Gasteiger partial charge in [-0.1, -0.05) is 19.8 Å². The van der Waals surface area contributed by atoms with Crippen molar-refractivity contribution in [2.45, 2.75) is 57.8 Å². The van der Waals surface area contributed by atoms with Crippen molar-refractivity contribution in [1.82, 2.24) is 10.2 Å². The predicted octanol–water partition coefficient (Wildman–Crippen LogP) is 2.79. The van der Waals surface area contributed by atoms with Crippen LogP contribution in [0.4, 0.5) is 13.2 Å². The highest BCUT2D eigenvalue weighted by molar-refractivity contribution is 4.81. The molecule has 0 saturated heterocycles. The Morgan fingerprint density at radius 3 is 2.35 bits per heavy atom. The van der Waals surface area contributed by atoms with Crippen molar-refractivity contribution in [3.8, 4) is 0 Å². The predicted molar refractivity (Wildman–Crippen MR) is 63.0 cm³/mol. The lowest BCUT2D eigenvalue weighted by Gasteiger charge is -2.33. The molecule has 0 aliphatic heterocycles. The second kappa shape index (κ2) is 6.59. The summed E-state index contributed by atoms with van der Waals surface area (Å²) in [6, 6.07) is 0.744. The summed E-state index contributed by atoms with van der Waals surface area (Å²) in [7, 11) is 0. The standard InChI is InChI=1S/C12H23F3N2/c1-3-17(11-6-4-5-7-11)10(2)8-16-9-12(13,14)15/h10-11,16H,3-9H2,1-2H3. The highest BCUT2D eigenvalue weighted by atomic mass is 19.4. The molecule has 102 valence electrons. The number of nitrogens with zero attached hydrogens (tertiary/aromatic N) is 1. The van der Waals surface area contributed by atoms with Gasteiger partial charge in [0.05, 0.1) is 6.54 Å². The zero-order chi connectivity index (χ0) is 12.9. The fraction of sp³-hybridized carbons (Fsp3) is 1.00. The molecular formula is C12H23F3N2. The molecule has 0 aromatic rings. The molecule has 0 amide bonds. The first-order chi connectivity index (χ1) is 7.94. The Morgan fingerprint density at radius 2 is 1.88 bits per heavy atom. The lowest BCUT2D eigenvalue weighted by atomic mass is 10.1. The number of hydrogen-bond donors (Lipinski definition) is 1. The molecule has 0 radical (unpaired) electrons. The normalized spacial score (nSPS) is 20.1. The third kappa shape index (κ3) is 5.25. The van der Waals surface area contributed by atoms with Crippen LogP contribution in [0, 0.1) is 0 Å². The largest absolute Gasteiger partial charge is 0.401 e. The van der Waals surface area contributed by atoms with Gasteiger partial charge in [0.25, 0.3) is 0 Å². The molecule has 2 nitrogen and oxygen atoms in total. The lowest BCUT2D eigenvalue weighted by Crippen LogP contribution is -2.46. The van der Waals surface area contributed by atoms with Crippen LogP contribution in [0.1, 0.15) is 39.5 Å². The fourth-order valence-electron chi connectivity index (χ4n) is 2.71. The van der Waals surface area contributed by atoms with Crippen molar-refractivity contribution in [2.24, 2.45) is 0 Å². The average Bonchev–Trinajstić information content (AvgIpc) is 2.70. The Labute approximate surface area is 102 Å². The second-order valence-corrected chi connectivity index (χ2v) is 4.86. The molecule has 1 saturated carbocycles. The number of hydrogen-bond acceptors (Lipinski definition) is 2. The van der Waals surface area contributed by atoms with Gasteiger partial charge >= 0.3 is 6.18 Å². The van der Waals surface area contributed by atoms with Gasteiger partial charge in [0, 0.05) is 18.6 Å². The van der Waals surface area contributed by atoms with Gasteiger partial charge in [-0.3, -0.25) is 4.90 Å². The number of alkyl halides is 3. The first kappa shape index (κ1) is 14.8. The minimum Gasteiger partial charge on any atom is -0.307 e. The van der Waals surface area contributed by atoms with Crippen molar-refractivity contribution < 1.29 is 13.2 Å². The van der Waals surface area contributed by atoms with E-state index in [0.29, 0.717) is 12.6 Å². The molecule has 1 aliphatic rings. The fourth-order valence-corrected chi connectivity index (χ4v) is 2.71. The Bertz CT molecular complexity index is 212. The third-order valence-electron chi connectivity index (χ3n) is 3.49. The lowest BCUT2D eigenvalue weighted by molar-refractivity contribution is -0.125. The number of likely N-dealkylation sites (N-methyl/N-ethyl adjacent to an activating group) is 1. The maximum Gasteiger partial charge on any atom is 0.401 e. The van der Waals surface area contributed by atoms with Gasteiger partial charge in [-0.2, -0.15) is 13.2 Å². The molecule has 1 fully saturated rings. The summed E-state index contributed by atoms with van der Waals surface area (Å²) in [6.45, 7) is 4.52. The third-order valence-corrected chi connectivity index (χ3v) is 3.49. The molecule has 1 aliphatic carbocycles. The van der Waals surface area contributed by atoms with Crippen molar-refractivity contribution in [2.75, 3.05) is 19.6 Å². The van der Waals surface area contributed by atoms with Crippen LogP contribution >= 0.6 is 0 Å². The molecule has 1 rings (SSSR count). The van der Waals surface area contributed by atoms with Gasteiger partial charge < -0.3 is 5.32 Å². The second-order valence-electron chi connectivity index (χ2n) is 4.86. The molecule has 0 aromatic heterocycles. The maximum absolute atomic E-state index is 12.0. The SMILES string of the molecule is CCN(C(C)CNCC(F)(F)F)C1CCCC1. The van der Waals surface area contributed by atoms with Gasteiger partial charge in [-0.25, -0.2) is 0 Å². The van der Waals surface area contributed by atoms with Gasteiger partial charge in [0.1, 0.15) is 0 Å². The van der Waals surface area contributed by atoms with Crippen LogP contribution in [0.3, 0.4) is 0 Å². The summed E-state index contributed by atoms with van der Waals surface area (Å²) in [5.74, 6) is 0. The van der Waals surface area contributed by atoms with Crippen molar-refractivity contribution in [1.29, 1.82) is 0 Å². The van der Waals surface area contributed by atoms with Crippen molar-refractivity contribution in [3.63, 3.8) is 0 Å². The number of halogens is 3. The van der Waals surface area contributed by atoms with E-state index in [-0.39, 0.29) is 6.04 Å². The summed E-state index contributed by atoms with van der Waals surface area (Å²) < 4.78 is 36.0. The van der Waals surface area contributed by atoms with Crippen LogP contribution in [-0.2, 0) is 0 Å². The highest BCUT2D eigenvalue weighted by Crippen LogP contribution is 2.24. The first-order valence-corrected chi connectivity index (χ1v) is 6.47. The van der Waals surface area contributed by atoms with Crippen LogP contribution in [0.2, 0.25) is 0 Å². The summed E-state index contributed by atoms with van der Waals surface area (Å²) in [5, 5.41) is 2.50. The van der Waals surface area contributed by atoms with E-state index in [0.717, 1.165) is 6.54 Å². The quantitative estimate of drug-likeness (QED) is 0.782. The molecule has 0 heterocycles. The van der Waals surface area contributed by atoms with Crippen LogP contribution in [0.15, 0.2) is 0 Å². The van der Waals surface area contributed by atoms with Crippen molar-refractivity contribution >= 4 is 0 Å². The van der Waals surface area contributed by atoms with E-state index >= 15 is 0 Å². The Kier molecular flexibility index (Phi) is 5.73. The zero-order valence-electron chi connectivity index (χ0n) is 10.7. The van der Waals surface area contributed by atoms with Crippen LogP contribution in [0.25, 0.3) is 0 Å². The Balaban J connectivity index is 2.30. The van der Waals surface area contributed by atoms with Crippen molar-refractivity contribution in [3.05, 3.63) is 0 Å². The molecule has 1 N–H and O–H groups in total. The van der Waals surface area contributed by atoms with E-state index in [4.69, 9.17) is 0 Å². The van der Waals surface area contributed by atoms with E-state index in [9.17, 15) is 13.2 Å². The smallest absolute Gasteiger partial charge is 0.307 e. The van der Waals surface area contributed by atoms with E-state index in [1.807, 2.05) is 6.92 Å².